The highest BCUT2D eigenvalue weighted by Gasteiger charge is 2.14. The Morgan fingerprint density at radius 3 is 2.58 bits per heavy atom. The van der Waals surface area contributed by atoms with Gasteiger partial charge >= 0.3 is 0 Å². The maximum atomic E-state index is 11.4. The molecule has 66 valence electrons. The van der Waals surface area contributed by atoms with E-state index in [1.165, 1.54) is 4.68 Å². The lowest BCUT2D eigenvalue weighted by molar-refractivity contribution is 0.0899. The van der Waals surface area contributed by atoms with Crippen LogP contribution in [-0.4, -0.2) is 20.5 Å². The molecule has 0 N–H and O–H groups in total. The van der Waals surface area contributed by atoms with Crippen molar-refractivity contribution >= 4 is 21.8 Å². The summed E-state index contributed by atoms with van der Waals surface area (Å²) < 4.78 is 1.43. The van der Waals surface area contributed by atoms with Crippen LogP contribution in [0.15, 0.2) is 6.07 Å². The Bertz CT molecular complexity index is 304. The second-order valence-electron chi connectivity index (χ2n) is 2.79. The lowest BCUT2D eigenvalue weighted by Gasteiger charge is -2.03. The van der Waals surface area contributed by atoms with E-state index in [1.807, 2.05) is 19.9 Å². The van der Waals surface area contributed by atoms with Gasteiger partial charge in [-0.3, -0.25) is 4.79 Å². The lowest BCUT2D eigenvalue weighted by Crippen LogP contribution is -2.21. The summed E-state index contributed by atoms with van der Waals surface area (Å²) in [7, 11) is 0. The van der Waals surface area contributed by atoms with Gasteiger partial charge in [0.1, 0.15) is 0 Å². The van der Waals surface area contributed by atoms with E-state index in [4.69, 9.17) is 0 Å². The summed E-state index contributed by atoms with van der Waals surface area (Å²) >= 11 is 3.21. The lowest BCUT2D eigenvalue weighted by atomic mass is 10.4. The van der Waals surface area contributed by atoms with Crippen molar-refractivity contribution in [2.75, 3.05) is 0 Å². The zero-order valence-electron chi connectivity index (χ0n) is 7.34. The molecule has 0 aliphatic carbocycles. The van der Waals surface area contributed by atoms with Crippen LogP contribution >= 0.6 is 15.9 Å². The molecule has 4 heteroatoms. The van der Waals surface area contributed by atoms with E-state index >= 15 is 0 Å². The number of hydrogen-bond acceptors (Lipinski definition) is 2. The molecule has 0 aromatic carbocycles. The Morgan fingerprint density at radius 2 is 2.25 bits per heavy atom. The number of nitrogens with zero attached hydrogens (tertiary/aromatic N) is 2. The highest BCUT2D eigenvalue weighted by molar-refractivity contribution is 9.10. The number of carbonyl (C=O) groups excluding carboxylic acids is 1. The number of rotatable bonds is 1. The van der Waals surface area contributed by atoms with Crippen molar-refractivity contribution in [2.24, 2.45) is 0 Å². The second-order valence-corrected chi connectivity index (χ2v) is 4.17. The molecule has 0 aliphatic rings. The minimum Gasteiger partial charge on any atom is -0.271 e. The van der Waals surface area contributed by atoms with E-state index in [2.05, 4.69) is 21.0 Å². The first kappa shape index (κ1) is 9.45. The predicted molar refractivity (Wildman–Crippen MR) is 50.7 cm³/mol. The number of halogens is 1. The third-order valence-electron chi connectivity index (χ3n) is 1.56. The standard InChI is InChI=1S/C8H11BrN2O/c1-5-4-6(2)11(10-5)8(12)7(3)9/h4,7H,1-3H3/t7-/m1/s1. The van der Waals surface area contributed by atoms with Crippen molar-refractivity contribution in [3.8, 4) is 0 Å². The zero-order chi connectivity index (χ0) is 9.30. The molecule has 0 aliphatic heterocycles. The van der Waals surface area contributed by atoms with Gasteiger partial charge in [0.15, 0.2) is 0 Å². The molecule has 1 aromatic rings. The molecule has 0 fully saturated rings. The van der Waals surface area contributed by atoms with Crippen molar-refractivity contribution in [2.45, 2.75) is 25.6 Å². The minimum absolute atomic E-state index is 0.0272. The van der Waals surface area contributed by atoms with Gasteiger partial charge in [-0.25, -0.2) is 4.68 Å². The quantitative estimate of drug-likeness (QED) is 0.692. The van der Waals surface area contributed by atoms with E-state index < -0.39 is 0 Å². The molecule has 3 nitrogen and oxygen atoms in total. The number of aryl methyl sites for hydroxylation is 2. The molecule has 0 saturated carbocycles. The number of aromatic nitrogens is 2. The first-order valence-corrected chi connectivity index (χ1v) is 4.65. The van der Waals surface area contributed by atoms with Crippen molar-refractivity contribution in [3.05, 3.63) is 17.5 Å². The normalized spacial score (nSPS) is 13.0. The maximum Gasteiger partial charge on any atom is 0.260 e. The van der Waals surface area contributed by atoms with Gasteiger partial charge < -0.3 is 0 Å². The molecule has 0 spiro atoms. The molecule has 0 amide bonds. The van der Waals surface area contributed by atoms with Crippen LogP contribution in [0.1, 0.15) is 23.1 Å². The topological polar surface area (TPSA) is 34.9 Å². The highest BCUT2D eigenvalue weighted by atomic mass is 79.9. The number of carbonyl (C=O) groups is 1. The SMILES string of the molecule is Cc1cc(C)n(C(=O)[C@@H](C)Br)n1. The summed E-state index contributed by atoms with van der Waals surface area (Å²) in [6, 6.07) is 1.88. The van der Waals surface area contributed by atoms with Gasteiger partial charge in [-0.05, 0) is 26.8 Å². The molecular formula is C8H11BrN2O. The summed E-state index contributed by atoms with van der Waals surface area (Å²) in [6.07, 6.45) is 0. The van der Waals surface area contributed by atoms with E-state index in [0.717, 1.165) is 11.4 Å². The molecule has 0 saturated heterocycles. The fraction of sp³-hybridized carbons (Fsp3) is 0.500. The summed E-state index contributed by atoms with van der Waals surface area (Å²) in [4.78, 5) is 11.2. The summed E-state index contributed by atoms with van der Waals surface area (Å²) in [6.45, 7) is 5.53. The predicted octanol–water partition coefficient (Wildman–Crippen LogP) is 1.92. The first-order valence-electron chi connectivity index (χ1n) is 3.74. The fourth-order valence-electron chi connectivity index (χ4n) is 1.02. The minimum atomic E-state index is -0.185. The van der Waals surface area contributed by atoms with Crippen LogP contribution in [0.4, 0.5) is 0 Å². The number of alkyl halides is 1. The van der Waals surface area contributed by atoms with Crippen molar-refractivity contribution in [1.82, 2.24) is 9.78 Å². The monoisotopic (exact) mass is 230 g/mol. The average molecular weight is 231 g/mol. The van der Waals surface area contributed by atoms with Gasteiger partial charge in [0.25, 0.3) is 5.91 Å². The van der Waals surface area contributed by atoms with E-state index in [-0.39, 0.29) is 10.7 Å². The van der Waals surface area contributed by atoms with Crippen LogP contribution in [0.5, 0.6) is 0 Å². The third kappa shape index (κ3) is 1.75. The molecule has 0 unspecified atom stereocenters. The fourth-order valence-corrected chi connectivity index (χ4v) is 1.21. The molecule has 1 heterocycles. The van der Waals surface area contributed by atoms with Gasteiger partial charge in [-0.2, -0.15) is 5.10 Å². The van der Waals surface area contributed by atoms with Crippen LogP contribution in [0.25, 0.3) is 0 Å². The molecule has 1 atom stereocenters. The summed E-state index contributed by atoms with van der Waals surface area (Å²) in [5.74, 6) is -0.0272. The Morgan fingerprint density at radius 1 is 1.67 bits per heavy atom. The van der Waals surface area contributed by atoms with Crippen LogP contribution < -0.4 is 0 Å². The Labute approximate surface area is 79.9 Å². The summed E-state index contributed by atoms with van der Waals surface area (Å²) in [5.41, 5.74) is 1.75. The van der Waals surface area contributed by atoms with E-state index in [1.54, 1.807) is 6.92 Å². The van der Waals surface area contributed by atoms with E-state index in [0.29, 0.717) is 0 Å². The van der Waals surface area contributed by atoms with Crippen molar-refractivity contribution in [3.63, 3.8) is 0 Å². The molecule has 0 bridgehead atoms. The largest absolute Gasteiger partial charge is 0.271 e. The van der Waals surface area contributed by atoms with Crippen molar-refractivity contribution < 1.29 is 4.79 Å². The maximum absolute atomic E-state index is 11.4. The zero-order valence-corrected chi connectivity index (χ0v) is 8.92. The molecular weight excluding hydrogens is 220 g/mol. The smallest absolute Gasteiger partial charge is 0.260 e. The Hall–Kier alpha value is -0.640. The number of hydrogen-bond donors (Lipinski definition) is 0. The van der Waals surface area contributed by atoms with Crippen LogP contribution in [0.2, 0.25) is 0 Å². The van der Waals surface area contributed by atoms with Gasteiger partial charge in [0, 0.05) is 5.69 Å². The first-order chi connectivity index (χ1) is 5.52. The van der Waals surface area contributed by atoms with Crippen LogP contribution in [0.3, 0.4) is 0 Å². The van der Waals surface area contributed by atoms with Crippen LogP contribution in [0, 0.1) is 13.8 Å². The van der Waals surface area contributed by atoms with Gasteiger partial charge in [0.05, 0.1) is 10.5 Å². The van der Waals surface area contributed by atoms with Crippen LogP contribution in [-0.2, 0) is 0 Å². The summed E-state index contributed by atoms with van der Waals surface area (Å²) in [5, 5.41) is 4.07. The van der Waals surface area contributed by atoms with Crippen molar-refractivity contribution in [1.29, 1.82) is 0 Å². The molecule has 12 heavy (non-hydrogen) atoms. The highest BCUT2D eigenvalue weighted by Crippen LogP contribution is 2.06. The average Bonchev–Trinajstić information content (AvgIpc) is 2.28. The molecule has 1 aromatic heterocycles. The Balaban J connectivity index is 3.02. The molecule has 1 rings (SSSR count). The van der Waals surface area contributed by atoms with Gasteiger partial charge in [-0.1, -0.05) is 15.9 Å². The third-order valence-corrected chi connectivity index (χ3v) is 1.95. The van der Waals surface area contributed by atoms with E-state index in [9.17, 15) is 4.79 Å². The van der Waals surface area contributed by atoms with Gasteiger partial charge in [0.2, 0.25) is 0 Å². The van der Waals surface area contributed by atoms with Gasteiger partial charge in [-0.15, -0.1) is 0 Å². The Kier molecular flexibility index (Phi) is 2.67. The molecule has 0 radical (unpaired) electrons. The second kappa shape index (κ2) is 3.39.